The topological polar surface area (TPSA) is 56.8 Å². The number of benzene rings is 1. The number of hydrogen-bond acceptors (Lipinski definition) is 4. The minimum absolute atomic E-state index is 0.0878. The summed E-state index contributed by atoms with van der Waals surface area (Å²) in [6.07, 6.45) is 1.64. The van der Waals surface area contributed by atoms with Crippen LogP contribution in [0.15, 0.2) is 24.3 Å². The summed E-state index contributed by atoms with van der Waals surface area (Å²) >= 11 is 0. The molecule has 3 rings (SSSR count). The fraction of sp³-hybridized carbons (Fsp3) is 0.650. The Bertz CT molecular complexity index is 671. The van der Waals surface area contributed by atoms with Gasteiger partial charge in [0.05, 0.1) is 11.2 Å². The van der Waals surface area contributed by atoms with Gasteiger partial charge in [-0.15, -0.1) is 0 Å². The highest BCUT2D eigenvalue weighted by molar-refractivity contribution is 6.51. The van der Waals surface area contributed by atoms with Crippen LogP contribution in [0, 0.1) is 0 Å². The molecule has 5 nitrogen and oxygen atoms in total. The lowest BCUT2D eigenvalue weighted by molar-refractivity contribution is 0.00578. The first kappa shape index (κ1) is 19.2. The first-order valence-corrected chi connectivity index (χ1v) is 9.31. The maximum absolute atomic E-state index is 11.9. The number of ether oxygens (including phenoxy) is 1. The van der Waals surface area contributed by atoms with E-state index in [2.05, 4.69) is 33.0 Å². The smallest absolute Gasteiger partial charge is 0.444 e. The largest absolute Gasteiger partial charge is 0.469 e. The molecular weight excluding hydrogens is 329 g/mol. The van der Waals surface area contributed by atoms with Crippen LogP contribution in [0.3, 0.4) is 0 Å². The molecule has 1 aromatic rings. The molecule has 2 fully saturated rings. The molecule has 1 amide bonds. The molecule has 0 atom stereocenters. The molecule has 1 saturated heterocycles. The van der Waals surface area contributed by atoms with Crippen LogP contribution in [0.5, 0.6) is 0 Å². The Kier molecular flexibility index (Phi) is 4.44. The highest BCUT2D eigenvalue weighted by Gasteiger charge is 2.65. The van der Waals surface area contributed by atoms with Gasteiger partial charge in [0.1, 0.15) is 5.60 Å². The summed E-state index contributed by atoms with van der Waals surface area (Å²) in [4.78, 5) is 11.9. The van der Waals surface area contributed by atoms with Crippen molar-refractivity contribution >= 4 is 18.9 Å². The zero-order chi connectivity index (χ0) is 19.4. The van der Waals surface area contributed by atoms with Gasteiger partial charge in [-0.25, -0.2) is 4.79 Å². The molecule has 6 heteroatoms. The monoisotopic (exact) mass is 359 g/mol. The standard InChI is InChI=1S/C20H30BNO4/c1-17(2,3)24-16(23)22-15-10-8-14(9-11-15)20(12-13-20)21-25-18(4,5)19(6,7)26-21/h8-11H,12-13H2,1-7H3,(H,22,23). The number of carbonyl (C=O) groups excluding carboxylic acids is 1. The molecule has 142 valence electrons. The number of rotatable bonds is 3. The molecule has 1 saturated carbocycles. The summed E-state index contributed by atoms with van der Waals surface area (Å²) in [5.74, 6) is 0. The highest BCUT2D eigenvalue weighted by Crippen LogP contribution is 2.55. The SMILES string of the molecule is CC(C)(C)OC(=O)Nc1ccc(C2(B3OC(C)(C)C(C)(C)O3)CC2)cc1. The second kappa shape index (κ2) is 5.99. The molecule has 0 bridgehead atoms. The average molecular weight is 359 g/mol. The number of carbonyl (C=O) groups is 1. The van der Waals surface area contributed by atoms with Gasteiger partial charge in [-0.1, -0.05) is 12.1 Å². The van der Waals surface area contributed by atoms with Crippen LogP contribution in [0.2, 0.25) is 0 Å². The van der Waals surface area contributed by atoms with E-state index in [4.69, 9.17) is 14.0 Å². The van der Waals surface area contributed by atoms with Crippen LogP contribution < -0.4 is 5.32 Å². The van der Waals surface area contributed by atoms with Gasteiger partial charge in [0.25, 0.3) is 0 Å². The molecule has 1 N–H and O–H groups in total. The molecule has 0 spiro atoms. The molecular formula is C20H30BNO4. The third-order valence-electron chi connectivity index (χ3n) is 5.60. The van der Waals surface area contributed by atoms with Crippen molar-refractivity contribution in [3.05, 3.63) is 29.8 Å². The normalized spacial score (nSPS) is 22.8. The van der Waals surface area contributed by atoms with Crippen molar-refractivity contribution in [3.63, 3.8) is 0 Å². The molecule has 0 aromatic heterocycles. The van der Waals surface area contributed by atoms with Crippen molar-refractivity contribution in [1.82, 2.24) is 0 Å². The van der Waals surface area contributed by atoms with E-state index in [-0.39, 0.29) is 23.6 Å². The summed E-state index contributed by atoms with van der Waals surface area (Å²) < 4.78 is 17.9. The average Bonchev–Trinajstić information content (AvgIpc) is 3.22. The fourth-order valence-corrected chi connectivity index (χ4v) is 3.17. The summed E-state index contributed by atoms with van der Waals surface area (Å²) in [6, 6.07) is 7.91. The molecule has 1 aliphatic heterocycles. The van der Waals surface area contributed by atoms with E-state index in [0.717, 1.165) is 12.8 Å². The first-order valence-electron chi connectivity index (χ1n) is 9.31. The minimum Gasteiger partial charge on any atom is -0.444 e. The fourth-order valence-electron chi connectivity index (χ4n) is 3.17. The molecule has 0 radical (unpaired) electrons. The lowest BCUT2D eigenvalue weighted by Gasteiger charge is -2.32. The summed E-state index contributed by atoms with van der Waals surface area (Å²) in [5, 5.41) is 2.68. The summed E-state index contributed by atoms with van der Waals surface area (Å²) in [7, 11) is -0.239. The molecule has 1 heterocycles. The molecule has 0 unspecified atom stereocenters. The van der Waals surface area contributed by atoms with Crippen LogP contribution in [-0.4, -0.2) is 30.0 Å². The molecule has 1 aliphatic carbocycles. The van der Waals surface area contributed by atoms with Crippen molar-refractivity contribution in [2.24, 2.45) is 0 Å². The van der Waals surface area contributed by atoms with Crippen LogP contribution in [-0.2, 0) is 19.4 Å². The summed E-state index contributed by atoms with van der Waals surface area (Å²) in [5.41, 5.74) is 0.731. The maximum atomic E-state index is 11.9. The Labute approximate surface area is 156 Å². The number of anilines is 1. The number of amides is 1. The third kappa shape index (κ3) is 3.62. The van der Waals surface area contributed by atoms with E-state index in [9.17, 15) is 4.79 Å². The van der Waals surface area contributed by atoms with Gasteiger partial charge < -0.3 is 14.0 Å². The quantitative estimate of drug-likeness (QED) is 0.795. The first-order chi connectivity index (χ1) is 11.8. The van der Waals surface area contributed by atoms with Crippen LogP contribution in [0.4, 0.5) is 10.5 Å². The zero-order valence-electron chi connectivity index (χ0n) is 16.9. The number of hydrogen-bond donors (Lipinski definition) is 1. The van der Waals surface area contributed by atoms with Gasteiger partial charge in [-0.3, -0.25) is 5.32 Å². The molecule has 1 aromatic carbocycles. The van der Waals surface area contributed by atoms with Gasteiger partial charge in [-0.05, 0) is 79.0 Å². The van der Waals surface area contributed by atoms with Gasteiger partial charge in [0.15, 0.2) is 0 Å². The van der Waals surface area contributed by atoms with Gasteiger partial charge in [0.2, 0.25) is 0 Å². The molecule has 2 aliphatic rings. The van der Waals surface area contributed by atoms with E-state index in [0.29, 0.717) is 5.69 Å². The predicted molar refractivity (Wildman–Crippen MR) is 103 cm³/mol. The van der Waals surface area contributed by atoms with Crippen LogP contribution >= 0.6 is 0 Å². The maximum Gasteiger partial charge on any atom is 0.469 e. The van der Waals surface area contributed by atoms with Crippen molar-refractivity contribution in [2.45, 2.75) is 83.4 Å². The lowest BCUT2D eigenvalue weighted by atomic mass is 9.64. The van der Waals surface area contributed by atoms with E-state index in [1.165, 1.54) is 5.56 Å². The molecule has 26 heavy (non-hydrogen) atoms. The van der Waals surface area contributed by atoms with Crippen molar-refractivity contribution in [1.29, 1.82) is 0 Å². The van der Waals surface area contributed by atoms with Crippen LogP contribution in [0.25, 0.3) is 0 Å². The second-order valence-corrected chi connectivity index (χ2v) is 9.45. The summed E-state index contributed by atoms with van der Waals surface area (Å²) in [6.45, 7) is 13.9. The third-order valence-corrected chi connectivity index (χ3v) is 5.60. The van der Waals surface area contributed by atoms with Gasteiger partial charge >= 0.3 is 13.2 Å². The second-order valence-electron chi connectivity index (χ2n) is 9.45. The highest BCUT2D eigenvalue weighted by atomic mass is 16.7. The van der Waals surface area contributed by atoms with E-state index in [1.807, 2.05) is 45.0 Å². The Morgan fingerprint density at radius 2 is 1.54 bits per heavy atom. The Morgan fingerprint density at radius 3 is 1.96 bits per heavy atom. The van der Waals surface area contributed by atoms with Crippen LogP contribution in [0.1, 0.15) is 66.9 Å². The van der Waals surface area contributed by atoms with Gasteiger partial charge in [-0.2, -0.15) is 0 Å². The van der Waals surface area contributed by atoms with E-state index >= 15 is 0 Å². The van der Waals surface area contributed by atoms with Crippen molar-refractivity contribution < 1.29 is 18.8 Å². The van der Waals surface area contributed by atoms with Crippen molar-refractivity contribution in [3.8, 4) is 0 Å². The predicted octanol–water partition coefficient (Wildman–Crippen LogP) is 4.70. The number of nitrogens with one attached hydrogen (secondary N) is 1. The van der Waals surface area contributed by atoms with Gasteiger partial charge in [0, 0.05) is 11.0 Å². The Balaban J connectivity index is 1.70. The van der Waals surface area contributed by atoms with E-state index < -0.39 is 11.7 Å². The Morgan fingerprint density at radius 1 is 1.04 bits per heavy atom. The minimum atomic E-state index is -0.515. The Hall–Kier alpha value is -1.53. The lowest BCUT2D eigenvalue weighted by Crippen LogP contribution is -2.41. The zero-order valence-corrected chi connectivity index (χ0v) is 16.9. The van der Waals surface area contributed by atoms with E-state index in [1.54, 1.807) is 0 Å². The van der Waals surface area contributed by atoms with Crippen molar-refractivity contribution in [2.75, 3.05) is 5.32 Å².